The third-order valence-electron chi connectivity index (χ3n) is 3.62. The number of hydrogen-bond acceptors (Lipinski definition) is 5. The predicted molar refractivity (Wildman–Crippen MR) is 65.4 cm³/mol. The quantitative estimate of drug-likeness (QED) is 0.756. The first-order chi connectivity index (χ1) is 8.68. The molecular weight excluding hydrogens is 248 g/mol. The highest BCUT2D eigenvalue weighted by molar-refractivity contribution is 5.92. The predicted octanol–water partition coefficient (Wildman–Crippen LogP) is 1.58. The standard InChI is InChI=1S/C13H18N2O4/c1-8(2)13(9(3)4,11(18)19-5)12(6-14,7-15)10(16)17/h8-9H,1-5H3,(H,16,17). The van der Waals surface area contributed by atoms with Crippen LogP contribution in [0, 0.1) is 45.3 Å². The van der Waals surface area contributed by atoms with E-state index in [0.29, 0.717) is 0 Å². The van der Waals surface area contributed by atoms with Gasteiger partial charge in [0.25, 0.3) is 5.41 Å². The van der Waals surface area contributed by atoms with Crippen molar-refractivity contribution in [1.82, 2.24) is 0 Å². The number of nitrogens with zero attached hydrogens (tertiary/aromatic N) is 2. The summed E-state index contributed by atoms with van der Waals surface area (Å²) in [5, 5.41) is 27.9. The smallest absolute Gasteiger partial charge is 0.340 e. The molecule has 6 heteroatoms. The molecule has 0 rings (SSSR count). The van der Waals surface area contributed by atoms with Crippen molar-refractivity contribution in [3.8, 4) is 12.1 Å². The Hall–Kier alpha value is -2.08. The zero-order chi connectivity index (χ0) is 15.4. The van der Waals surface area contributed by atoms with Crippen LogP contribution in [0.4, 0.5) is 0 Å². The Bertz CT molecular complexity index is 432. The second-order valence-electron chi connectivity index (χ2n) is 4.95. The molecule has 0 atom stereocenters. The van der Waals surface area contributed by atoms with Crippen molar-refractivity contribution in [2.24, 2.45) is 22.7 Å². The van der Waals surface area contributed by atoms with Crippen LogP contribution in [-0.2, 0) is 14.3 Å². The molecular formula is C13H18N2O4. The van der Waals surface area contributed by atoms with E-state index < -0.39 is 34.6 Å². The summed E-state index contributed by atoms with van der Waals surface area (Å²) in [6.07, 6.45) is 0. The van der Waals surface area contributed by atoms with E-state index in [1.807, 2.05) is 0 Å². The lowest BCUT2D eigenvalue weighted by Gasteiger charge is -2.43. The summed E-state index contributed by atoms with van der Waals surface area (Å²) >= 11 is 0. The second kappa shape index (κ2) is 5.71. The van der Waals surface area contributed by atoms with Crippen LogP contribution in [0.25, 0.3) is 0 Å². The molecule has 0 aromatic carbocycles. The number of methoxy groups -OCH3 is 1. The third-order valence-corrected chi connectivity index (χ3v) is 3.62. The van der Waals surface area contributed by atoms with Crippen LogP contribution in [0.3, 0.4) is 0 Å². The van der Waals surface area contributed by atoms with Crippen molar-refractivity contribution in [3.63, 3.8) is 0 Å². The minimum atomic E-state index is -2.48. The van der Waals surface area contributed by atoms with Crippen molar-refractivity contribution >= 4 is 11.9 Å². The van der Waals surface area contributed by atoms with Gasteiger partial charge in [-0.25, -0.2) is 4.79 Å². The molecule has 0 spiro atoms. The van der Waals surface area contributed by atoms with E-state index in [1.54, 1.807) is 27.7 Å². The molecule has 0 aliphatic heterocycles. The average Bonchev–Trinajstić information content (AvgIpc) is 2.33. The summed E-state index contributed by atoms with van der Waals surface area (Å²) in [4.78, 5) is 23.7. The molecule has 19 heavy (non-hydrogen) atoms. The molecule has 0 heterocycles. The lowest BCUT2D eigenvalue weighted by molar-refractivity contribution is -0.176. The number of rotatable bonds is 5. The van der Waals surface area contributed by atoms with Gasteiger partial charge in [-0.1, -0.05) is 27.7 Å². The fourth-order valence-electron chi connectivity index (χ4n) is 2.81. The van der Waals surface area contributed by atoms with Gasteiger partial charge >= 0.3 is 11.9 Å². The van der Waals surface area contributed by atoms with Crippen molar-refractivity contribution in [2.75, 3.05) is 7.11 Å². The molecule has 0 saturated carbocycles. The minimum Gasteiger partial charge on any atom is -0.479 e. The van der Waals surface area contributed by atoms with Crippen molar-refractivity contribution in [2.45, 2.75) is 27.7 Å². The molecule has 0 bridgehead atoms. The Morgan fingerprint density at radius 3 is 1.63 bits per heavy atom. The molecule has 0 saturated heterocycles. The van der Waals surface area contributed by atoms with Crippen LogP contribution in [0.2, 0.25) is 0 Å². The third kappa shape index (κ3) is 2.04. The van der Waals surface area contributed by atoms with Gasteiger partial charge in [-0.3, -0.25) is 4.79 Å². The van der Waals surface area contributed by atoms with Gasteiger partial charge in [0.15, 0.2) is 0 Å². The number of carboxylic acids is 1. The summed E-state index contributed by atoms with van der Waals surface area (Å²) in [5.74, 6) is -3.61. The van der Waals surface area contributed by atoms with E-state index in [9.17, 15) is 25.2 Å². The molecule has 0 fully saturated rings. The van der Waals surface area contributed by atoms with Crippen LogP contribution in [-0.4, -0.2) is 24.2 Å². The zero-order valence-corrected chi connectivity index (χ0v) is 11.7. The molecule has 1 N–H and O–H groups in total. The molecule has 0 aromatic rings. The highest BCUT2D eigenvalue weighted by Gasteiger charge is 2.67. The number of aliphatic carboxylic acids is 1. The maximum absolute atomic E-state index is 12.2. The maximum Gasteiger partial charge on any atom is 0.340 e. The van der Waals surface area contributed by atoms with Gasteiger partial charge < -0.3 is 9.84 Å². The van der Waals surface area contributed by atoms with Crippen LogP contribution < -0.4 is 0 Å². The van der Waals surface area contributed by atoms with Crippen LogP contribution >= 0.6 is 0 Å². The van der Waals surface area contributed by atoms with Gasteiger partial charge in [-0.15, -0.1) is 0 Å². The Kier molecular flexibility index (Phi) is 5.08. The molecule has 0 unspecified atom stereocenters. The summed E-state index contributed by atoms with van der Waals surface area (Å²) in [5.41, 5.74) is -4.22. The molecule has 0 amide bonds. The number of ether oxygens (including phenoxy) is 1. The molecule has 0 aromatic heterocycles. The minimum absolute atomic E-state index is 0.560. The highest BCUT2D eigenvalue weighted by atomic mass is 16.5. The van der Waals surface area contributed by atoms with E-state index in [4.69, 9.17) is 4.74 Å². The largest absolute Gasteiger partial charge is 0.479 e. The summed E-state index contributed by atoms with van der Waals surface area (Å²) in [6.45, 7) is 6.40. The number of hydrogen-bond donors (Lipinski definition) is 1. The van der Waals surface area contributed by atoms with Gasteiger partial charge in [0.2, 0.25) is 0 Å². The number of carbonyl (C=O) groups excluding carboxylic acids is 1. The first-order valence-corrected chi connectivity index (χ1v) is 5.83. The fraction of sp³-hybridized carbons (Fsp3) is 0.692. The van der Waals surface area contributed by atoms with E-state index in [0.717, 1.165) is 7.11 Å². The maximum atomic E-state index is 12.2. The Morgan fingerprint density at radius 2 is 1.47 bits per heavy atom. The summed E-state index contributed by atoms with van der Waals surface area (Å²) in [6, 6.07) is 3.04. The van der Waals surface area contributed by atoms with Gasteiger partial charge in [0.1, 0.15) is 5.41 Å². The number of nitriles is 2. The Labute approximate surface area is 112 Å². The fourth-order valence-corrected chi connectivity index (χ4v) is 2.81. The van der Waals surface area contributed by atoms with Crippen LogP contribution in [0.5, 0.6) is 0 Å². The first-order valence-electron chi connectivity index (χ1n) is 5.83. The number of esters is 1. The monoisotopic (exact) mass is 266 g/mol. The zero-order valence-electron chi connectivity index (χ0n) is 11.7. The van der Waals surface area contributed by atoms with E-state index in [1.165, 1.54) is 12.1 Å². The van der Waals surface area contributed by atoms with Crippen LogP contribution in [0.15, 0.2) is 0 Å². The van der Waals surface area contributed by atoms with Crippen molar-refractivity contribution < 1.29 is 19.4 Å². The normalized spacial score (nSPS) is 11.8. The highest BCUT2D eigenvalue weighted by Crippen LogP contribution is 2.51. The average molecular weight is 266 g/mol. The second-order valence-corrected chi connectivity index (χ2v) is 4.95. The number of carboxylic acid groups (broad SMARTS) is 1. The lowest BCUT2D eigenvalue weighted by atomic mass is 9.53. The molecule has 0 aliphatic rings. The SMILES string of the molecule is COC(=O)C(C(C)C)(C(C)C)C(C#N)(C#N)C(=O)O. The number of carbonyl (C=O) groups is 2. The van der Waals surface area contributed by atoms with Gasteiger partial charge in [0, 0.05) is 0 Å². The first kappa shape index (κ1) is 16.9. The Morgan fingerprint density at radius 1 is 1.11 bits per heavy atom. The van der Waals surface area contributed by atoms with Gasteiger partial charge in [-0.05, 0) is 11.8 Å². The molecule has 104 valence electrons. The van der Waals surface area contributed by atoms with Crippen molar-refractivity contribution in [1.29, 1.82) is 10.5 Å². The molecule has 0 aliphatic carbocycles. The Balaban J connectivity index is 6.61. The van der Waals surface area contributed by atoms with Gasteiger partial charge in [-0.2, -0.15) is 10.5 Å². The van der Waals surface area contributed by atoms with Gasteiger partial charge in [0.05, 0.1) is 19.2 Å². The summed E-state index contributed by atoms with van der Waals surface area (Å²) in [7, 11) is 1.11. The topological polar surface area (TPSA) is 111 Å². The van der Waals surface area contributed by atoms with Crippen molar-refractivity contribution in [3.05, 3.63) is 0 Å². The summed E-state index contributed by atoms with van der Waals surface area (Å²) < 4.78 is 4.69. The van der Waals surface area contributed by atoms with Crippen LogP contribution in [0.1, 0.15) is 27.7 Å². The van der Waals surface area contributed by atoms with E-state index >= 15 is 0 Å². The molecule has 6 nitrogen and oxygen atoms in total. The van der Waals surface area contributed by atoms with E-state index in [-0.39, 0.29) is 0 Å². The molecule has 0 radical (unpaired) electrons. The lowest BCUT2D eigenvalue weighted by Crippen LogP contribution is -2.57. The van der Waals surface area contributed by atoms with E-state index in [2.05, 4.69) is 0 Å².